The van der Waals surface area contributed by atoms with Crippen molar-refractivity contribution in [3.63, 3.8) is 0 Å². The Labute approximate surface area is 105 Å². The summed E-state index contributed by atoms with van der Waals surface area (Å²) in [6.07, 6.45) is 1.96. The molecule has 0 aliphatic heterocycles. The van der Waals surface area contributed by atoms with Crippen molar-refractivity contribution >= 4 is 33.0 Å². The van der Waals surface area contributed by atoms with Gasteiger partial charge in [0.2, 0.25) is 10.0 Å². The van der Waals surface area contributed by atoms with E-state index in [1.165, 1.54) is 11.3 Å². The van der Waals surface area contributed by atoms with E-state index in [1.807, 2.05) is 6.92 Å². The molecular formula is C10H14ClNO2S2. The van der Waals surface area contributed by atoms with E-state index < -0.39 is 10.0 Å². The van der Waals surface area contributed by atoms with Crippen LogP contribution in [-0.4, -0.2) is 25.3 Å². The summed E-state index contributed by atoms with van der Waals surface area (Å²) in [5, 5.41) is 1.78. The monoisotopic (exact) mass is 279 g/mol. The van der Waals surface area contributed by atoms with Crippen molar-refractivity contribution in [2.45, 2.75) is 36.6 Å². The molecule has 0 bridgehead atoms. The molecule has 3 nitrogen and oxygen atoms in total. The van der Waals surface area contributed by atoms with Crippen molar-refractivity contribution in [1.29, 1.82) is 0 Å². The lowest BCUT2D eigenvalue weighted by atomic mass is 10.5. The fourth-order valence-electron chi connectivity index (χ4n) is 1.77. The lowest BCUT2D eigenvalue weighted by Gasteiger charge is -2.19. The third kappa shape index (κ3) is 2.14. The number of hydrogen-bond donors (Lipinski definition) is 0. The molecule has 1 aliphatic carbocycles. The molecule has 6 heteroatoms. The molecule has 0 spiro atoms. The van der Waals surface area contributed by atoms with E-state index in [0.717, 1.165) is 17.7 Å². The van der Waals surface area contributed by atoms with Crippen LogP contribution in [0.1, 0.15) is 24.6 Å². The van der Waals surface area contributed by atoms with Gasteiger partial charge < -0.3 is 0 Å². The highest BCUT2D eigenvalue weighted by atomic mass is 35.5. The van der Waals surface area contributed by atoms with Gasteiger partial charge in [-0.3, -0.25) is 0 Å². The van der Waals surface area contributed by atoms with Crippen molar-refractivity contribution < 1.29 is 8.42 Å². The van der Waals surface area contributed by atoms with Crippen molar-refractivity contribution in [3.8, 4) is 0 Å². The molecule has 0 saturated heterocycles. The summed E-state index contributed by atoms with van der Waals surface area (Å²) < 4.78 is 26.3. The lowest BCUT2D eigenvalue weighted by Crippen LogP contribution is -2.33. The van der Waals surface area contributed by atoms with Gasteiger partial charge in [-0.25, -0.2) is 8.42 Å². The Morgan fingerprint density at radius 3 is 2.75 bits per heavy atom. The van der Waals surface area contributed by atoms with E-state index >= 15 is 0 Å². The first-order valence-electron chi connectivity index (χ1n) is 5.25. The summed E-state index contributed by atoms with van der Waals surface area (Å²) in [5.41, 5.74) is 0. The normalized spacial score (nSPS) is 16.9. The molecule has 2 rings (SSSR count). The Morgan fingerprint density at radius 1 is 1.56 bits per heavy atom. The maximum Gasteiger partial charge on any atom is 0.244 e. The average Bonchev–Trinajstić information content (AvgIpc) is 2.95. The minimum atomic E-state index is -3.33. The molecule has 1 heterocycles. The molecule has 16 heavy (non-hydrogen) atoms. The third-order valence-corrected chi connectivity index (χ3v) is 6.27. The molecule has 0 atom stereocenters. The van der Waals surface area contributed by atoms with Crippen molar-refractivity contribution in [3.05, 3.63) is 16.3 Å². The highest BCUT2D eigenvalue weighted by Gasteiger charge is 2.37. The van der Waals surface area contributed by atoms with Crippen molar-refractivity contribution in [2.75, 3.05) is 6.54 Å². The minimum absolute atomic E-state index is 0.207. The molecule has 1 saturated carbocycles. The van der Waals surface area contributed by atoms with Gasteiger partial charge in [0.05, 0.1) is 10.8 Å². The fourth-order valence-corrected chi connectivity index (χ4v) is 5.14. The first-order chi connectivity index (χ1) is 7.61. The Morgan fingerprint density at radius 2 is 2.25 bits per heavy atom. The Kier molecular flexibility index (Phi) is 3.59. The van der Waals surface area contributed by atoms with Gasteiger partial charge >= 0.3 is 0 Å². The molecule has 0 amide bonds. The number of halogens is 1. The largest absolute Gasteiger partial charge is 0.244 e. The zero-order valence-electron chi connectivity index (χ0n) is 9.02. The second kappa shape index (κ2) is 4.64. The predicted molar refractivity (Wildman–Crippen MR) is 66.5 cm³/mol. The lowest BCUT2D eigenvalue weighted by molar-refractivity contribution is 0.421. The molecule has 0 radical (unpaired) electrons. The van der Waals surface area contributed by atoms with Crippen LogP contribution in [-0.2, 0) is 15.9 Å². The van der Waals surface area contributed by atoms with Crippen molar-refractivity contribution in [1.82, 2.24) is 4.31 Å². The topological polar surface area (TPSA) is 37.4 Å². The predicted octanol–water partition coefficient (Wildman–Crippen LogP) is 2.66. The first kappa shape index (κ1) is 12.4. The summed E-state index contributed by atoms with van der Waals surface area (Å²) in [4.78, 5) is 1.13. The zero-order chi connectivity index (χ0) is 11.8. The number of hydrogen-bond acceptors (Lipinski definition) is 3. The van der Waals surface area contributed by atoms with Crippen LogP contribution >= 0.6 is 22.9 Å². The summed E-state index contributed by atoms with van der Waals surface area (Å²) in [5.74, 6) is 0.258. The molecule has 1 fully saturated rings. The highest BCUT2D eigenvalue weighted by molar-refractivity contribution is 7.89. The van der Waals surface area contributed by atoms with Crippen LogP contribution in [0.5, 0.6) is 0 Å². The van der Waals surface area contributed by atoms with Gasteiger partial charge in [0.25, 0.3) is 0 Å². The number of nitrogens with zero attached hydrogens (tertiary/aromatic N) is 1. The van der Waals surface area contributed by atoms with Crippen LogP contribution in [0.2, 0.25) is 0 Å². The van der Waals surface area contributed by atoms with Crippen LogP contribution in [0.3, 0.4) is 0 Å². The van der Waals surface area contributed by atoms with E-state index in [4.69, 9.17) is 11.6 Å². The number of rotatable bonds is 5. The van der Waals surface area contributed by atoms with Gasteiger partial charge in [-0.05, 0) is 24.3 Å². The number of alkyl halides is 1. The molecule has 1 aromatic heterocycles. The van der Waals surface area contributed by atoms with E-state index in [-0.39, 0.29) is 11.9 Å². The first-order valence-corrected chi connectivity index (χ1v) is 8.10. The zero-order valence-corrected chi connectivity index (χ0v) is 11.4. The smallest absolute Gasteiger partial charge is 0.207 e. The van der Waals surface area contributed by atoms with Gasteiger partial charge in [-0.1, -0.05) is 6.92 Å². The molecule has 0 unspecified atom stereocenters. The van der Waals surface area contributed by atoms with E-state index in [1.54, 1.807) is 15.8 Å². The van der Waals surface area contributed by atoms with Crippen molar-refractivity contribution in [2.24, 2.45) is 0 Å². The number of thiophene rings is 1. The summed E-state index contributed by atoms with van der Waals surface area (Å²) in [7, 11) is -3.33. The molecule has 0 aromatic carbocycles. The Balaban J connectivity index is 2.37. The van der Waals surface area contributed by atoms with Gasteiger partial charge in [-0.2, -0.15) is 4.31 Å². The van der Waals surface area contributed by atoms with Gasteiger partial charge in [0, 0.05) is 17.5 Å². The van der Waals surface area contributed by atoms with Crippen LogP contribution in [0.25, 0.3) is 0 Å². The molecular weight excluding hydrogens is 266 g/mol. The summed E-state index contributed by atoms with van der Waals surface area (Å²) in [6, 6.07) is 1.86. The van der Waals surface area contributed by atoms with E-state index in [9.17, 15) is 8.42 Å². The highest BCUT2D eigenvalue weighted by Crippen LogP contribution is 2.34. The quantitative estimate of drug-likeness (QED) is 0.777. The average molecular weight is 280 g/mol. The second-order valence-electron chi connectivity index (χ2n) is 3.78. The number of sulfonamides is 1. The maximum atomic E-state index is 12.4. The van der Waals surface area contributed by atoms with Gasteiger partial charge in [0.1, 0.15) is 0 Å². The van der Waals surface area contributed by atoms with Crippen LogP contribution < -0.4 is 0 Å². The fraction of sp³-hybridized carbons (Fsp3) is 0.600. The minimum Gasteiger partial charge on any atom is -0.207 e. The van der Waals surface area contributed by atoms with E-state index in [0.29, 0.717) is 11.4 Å². The molecule has 0 N–H and O–H groups in total. The van der Waals surface area contributed by atoms with Gasteiger partial charge in [-0.15, -0.1) is 22.9 Å². The molecule has 90 valence electrons. The van der Waals surface area contributed by atoms with Gasteiger partial charge in [0.15, 0.2) is 0 Å². The van der Waals surface area contributed by atoms with Crippen LogP contribution in [0.15, 0.2) is 16.3 Å². The molecule has 1 aliphatic rings. The summed E-state index contributed by atoms with van der Waals surface area (Å²) >= 11 is 7.15. The molecule has 1 aromatic rings. The Bertz CT molecular complexity index is 465. The standard InChI is InChI=1S/C10H14ClNO2S2/c1-2-12(8-3-4-8)16(13,14)10-5-6-15-9(10)7-11/h5-6,8H,2-4,7H2,1H3. The second-order valence-corrected chi connectivity index (χ2v) is 6.91. The van der Waals surface area contributed by atoms with E-state index in [2.05, 4.69) is 0 Å². The van der Waals surface area contributed by atoms with Crippen LogP contribution in [0.4, 0.5) is 0 Å². The Hall–Kier alpha value is -0.100. The third-order valence-electron chi connectivity index (χ3n) is 2.68. The van der Waals surface area contributed by atoms with Crippen LogP contribution in [0, 0.1) is 0 Å². The maximum absolute atomic E-state index is 12.4. The summed E-state index contributed by atoms with van der Waals surface area (Å²) in [6.45, 7) is 2.41. The SMILES string of the molecule is CCN(C1CC1)S(=O)(=O)c1ccsc1CCl.